The minimum Gasteiger partial charge on any atom is -0.465 e. The molecular weight excluding hydrogens is 288 g/mol. The van der Waals surface area contributed by atoms with Gasteiger partial charge in [0.2, 0.25) is 5.91 Å². The van der Waals surface area contributed by atoms with Gasteiger partial charge in [-0.3, -0.25) is 4.79 Å². The third kappa shape index (κ3) is 3.88. The zero-order valence-corrected chi connectivity index (χ0v) is 12.9. The van der Waals surface area contributed by atoms with Crippen LogP contribution in [0, 0.1) is 13.8 Å². The van der Waals surface area contributed by atoms with Crippen molar-refractivity contribution in [2.24, 2.45) is 0 Å². The summed E-state index contributed by atoms with van der Waals surface area (Å²) < 4.78 is 4.66. The molecule has 0 fully saturated rings. The summed E-state index contributed by atoms with van der Waals surface area (Å²) in [5.41, 5.74) is 2.63. The van der Waals surface area contributed by atoms with Crippen LogP contribution in [0.25, 0.3) is 0 Å². The predicted octanol–water partition coefficient (Wildman–Crippen LogP) is 2.73. The molecule has 0 unspecified atom stereocenters. The number of aryl methyl sites for hydroxylation is 2. The summed E-state index contributed by atoms with van der Waals surface area (Å²) >= 11 is 1.12. The van der Waals surface area contributed by atoms with E-state index in [4.69, 9.17) is 0 Å². The molecular formula is C15H16N2O3S. The lowest BCUT2D eigenvalue weighted by atomic mass is 10.1. The number of hydrogen-bond acceptors (Lipinski definition) is 5. The first-order valence-corrected chi connectivity index (χ1v) is 7.22. The molecule has 1 amide bonds. The highest BCUT2D eigenvalue weighted by Gasteiger charge is 2.16. The van der Waals surface area contributed by atoms with E-state index in [9.17, 15) is 9.59 Å². The van der Waals surface area contributed by atoms with Crippen molar-refractivity contribution in [2.75, 3.05) is 12.4 Å². The minimum atomic E-state index is -0.441. The normalized spacial score (nSPS) is 10.2. The predicted molar refractivity (Wildman–Crippen MR) is 81.7 cm³/mol. The number of nitrogens with one attached hydrogen (secondary N) is 1. The van der Waals surface area contributed by atoms with Crippen molar-refractivity contribution in [3.05, 3.63) is 46.0 Å². The zero-order chi connectivity index (χ0) is 15.4. The highest BCUT2D eigenvalue weighted by molar-refractivity contribution is 7.17. The fourth-order valence-corrected chi connectivity index (χ4v) is 2.69. The Bertz CT molecular complexity index is 662. The third-order valence-corrected chi connectivity index (χ3v) is 3.95. The van der Waals surface area contributed by atoms with Gasteiger partial charge in [-0.2, -0.15) is 0 Å². The lowest BCUT2D eigenvalue weighted by Crippen LogP contribution is -2.14. The first kappa shape index (κ1) is 15.2. The van der Waals surface area contributed by atoms with E-state index in [-0.39, 0.29) is 12.3 Å². The zero-order valence-electron chi connectivity index (χ0n) is 12.1. The van der Waals surface area contributed by atoms with E-state index in [1.165, 1.54) is 7.11 Å². The van der Waals surface area contributed by atoms with E-state index in [0.717, 1.165) is 22.5 Å². The number of rotatable bonds is 4. The molecule has 0 aliphatic carbocycles. The minimum absolute atomic E-state index is 0.163. The van der Waals surface area contributed by atoms with E-state index >= 15 is 0 Å². The van der Waals surface area contributed by atoms with Gasteiger partial charge in [0, 0.05) is 0 Å². The maximum absolute atomic E-state index is 12.0. The van der Waals surface area contributed by atoms with Gasteiger partial charge in [0.05, 0.1) is 19.2 Å². The second kappa shape index (κ2) is 6.49. The monoisotopic (exact) mass is 304 g/mol. The van der Waals surface area contributed by atoms with Crippen LogP contribution in [0.5, 0.6) is 0 Å². The van der Waals surface area contributed by atoms with Crippen molar-refractivity contribution in [2.45, 2.75) is 20.3 Å². The molecule has 2 aromatic rings. The number of aromatic nitrogens is 1. The van der Waals surface area contributed by atoms with E-state index in [2.05, 4.69) is 15.0 Å². The van der Waals surface area contributed by atoms with Crippen LogP contribution in [0.4, 0.5) is 5.13 Å². The molecule has 0 atom stereocenters. The Morgan fingerprint density at radius 1 is 1.24 bits per heavy atom. The van der Waals surface area contributed by atoms with Crippen LogP contribution in [0.3, 0.4) is 0 Å². The summed E-state index contributed by atoms with van der Waals surface area (Å²) in [5.74, 6) is -0.604. The van der Waals surface area contributed by atoms with E-state index in [1.54, 1.807) is 6.92 Å². The largest absolute Gasteiger partial charge is 0.465 e. The number of esters is 1. The first-order chi connectivity index (χ1) is 9.99. The summed E-state index contributed by atoms with van der Waals surface area (Å²) in [5, 5.41) is 3.11. The standard InChI is InChI=1S/C15H16N2O3S/c1-9-4-6-11(7-5-9)8-12(18)17-15-16-10(2)13(21-15)14(19)20-3/h4-7H,8H2,1-3H3,(H,16,17,18). The van der Waals surface area contributed by atoms with Gasteiger partial charge in [-0.1, -0.05) is 41.2 Å². The summed E-state index contributed by atoms with van der Waals surface area (Å²) in [7, 11) is 1.32. The number of nitrogens with zero attached hydrogens (tertiary/aromatic N) is 1. The first-order valence-electron chi connectivity index (χ1n) is 6.40. The number of amides is 1. The SMILES string of the molecule is COC(=O)c1sc(NC(=O)Cc2ccc(C)cc2)nc1C. The van der Waals surface area contributed by atoms with Gasteiger partial charge >= 0.3 is 5.97 Å². The molecule has 0 aliphatic heterocycles. The molecule has 110 valence electrons. The molecule has 1 aromatic carbocycles. The van der Waals surface area contributed by atoms with E-state index in [0.29, 0.717) is 15.7 Å². The molecule has 0 saturated carbocycles. The molecule has 2 rings (SSSR count). The molecule has 0 radical (unpaired) electrons. The lowest BCUT2D eigenvalue weighted by molar-refractivity contribution is -0.115. The van der Waals surface area contributed by atoms with Crippen LogP contribution in [-0.2, 0) is 16.0 Å². The van der Waals surface area contributed by atoms with Crippen LogP contribution in [-0.4, -0.2) is 24.0 Å². The van der Waals surface area contributed by atoms with Gasteiger partial charge < -0.3 is 10.1 Å². The topological polar surface area (TPSA) is 68.3 Å². The molecule has 1 heterocycles. The molecule has 21 heavy (non-hydrogen) atoms. The van der Waals surface area contributed by atoms with E-state index in [1.807, 2.05) is 31.2 Å². The highest BCUT2D eigenvalue weighted by Crippen LogP contribution is 2.23. The van der Waals surface area contributed by atoms with Crippen molar-refractivity contribution >= 4 is 28.3 Å². The fraction of sp³-hybridized carbons (Fsp3) is 0.267. The average molecular weight is 304 g/mol. The molecule has 1 N–H and O–H groups in total. The third-order valence-electron chi connectivity index (χ3n) is 2.90. The Labute approximate surface area is 127 Å². The summed E-state index contributed by atoms with van der Waals surface area (Å²) in [6.07, 6.45) is 0.270. The second-order valence-electron chi connectivity index (χ2n) is 4.64. The average Bonchev–Trinajstić information content (AvgIpc) is 2.81. The number of ether oxygens (including phenoxy) is 1. The number of thiazole rings is 1. The molecule has 6 heteroatoms. The van der Waals surface area contributed by atoms with Crippen molar-refractivity contribution in [1.82, 2.24) is 4.98 Å². The van der Waals surface area contributed by atoms with Crippen molar-refractivity contribution in [1.29, 1.82) is 0 Å². The van der Waals surface area contributed by atoms with Gasteiger partial charge in [0.1, 0.15) is 4.88 Å². The smallest absolute Gasteiger partial charge is 0.350 e. The molecule has 0 bridgehead atoms. The summed E-state index contributed by atoms with van der Waals surface area (Å²) in [6.45, 7) is 3.70. The van der Waals surface area contributed by atoms with Crippen LogP contribution in [0.15, 0.2) is 24.3 Å². The van der Waals surface area contributed by atoms with Crippen LogP contribution >= 0.6 is 11.3 Å². The molecule has 5 nitrogen and oxygen atoms in total. The van der Waals surface area contributed by atoms with Gasteiger partial charge in [0.15, 0.2) is 5.13 Å². The Balaban J connectivity index is 2.03. The summed E-state index contributed by atoms with van der Waals surface area (Å²) in [6, 6.07) is 7.76. The van der Waals surface area contributed by atoms with Crippen molar-refractivity contribution < 1.29 is 14.3 Å². The highest BCUT2D eigenvalue weighted by atomic mass is 32.1. The maximum Gasteiger partial charge on any atom is 0.350 e. The lowest BCUT2D eigenvalue weighted by Gasteiger charge is -2.02. The number of carbonyl (C=O) groups excluding carboxylic acids is 2. The molecule has 0 saturated heterocycles. The Kier molecular flexibility index (Phi) is 4.70. The maximum atomic E-state index is 12.0. The Hall–Kier alpha value is -2.21. The van der Waals surface area contributed by atoms with Gasteiger partial charge in [-0.15, -0.1) is 0 Å². The number of carbonyl (C=O) groups is 2. The summed E-state index contributed by atoms with van der Waals surface area (Å²) in [4.78, 5) is 28.0. The quantitative estimate of drug-likeness (QED) is 0.882. The Morgan fingerprint density at radius 2 is 1.90 bits per heavy atom. The number of hydrogen-bond donors (Lipinski definition) is 1. The molecule has 1 aromatic heterocycles. The number of anilines is 1. The number of benzene rings is 1. The van der Waals surface area contributed by atoms with E-state index < -0.39 is 5.97 Å². The second-order valence-corrected chi connectivity index (χ2v) is 5.63. The van der Waals surface area contributed by atoms with Crippen LogP contribution < -0.4 is 5.32 Å². The van der Waals surface area contributed by atoms with Gasteiger partial charge in [0.25, 0.3) is 0 Å². The molecule has 0 aliphatic rings. The van der Waals surface area contributed by atoms with Gasteiger partial charge in [-0.25, -0.2) is 9.78 Å². The van der Waals surface area contributed by atoms with Crippen molar-refractivity contribution in [3.63, 3.8) is 0 Å². The van der Waals surface area contributed by atoms with Crippen LogP contribution in [0.1, 0.15) is 26.5 Å². The van der Waals surface area contributed by atoms with Gasteiger partial charge in [-0.05, 0) is 19.4 Å². The Morgan fingerprint density at radius 3 is 2.52 bits per heavy atom. The van der Waals surface area contributed by atoms with Crippen molar-refractivity contribution in [3.8, 4) is 0 Å². The number of methoxy groups -OCH3 is 1. The fourth-order valence-electron chi connectivity index (χ4n) is 1.79. The van der Waals surface area contributed by atoms with Crippen LogP contribution in [0.2, 0.25) is 0 Å². The molecule has 0 spiro atoms.